The first-order valence-corrected chi connectivity index (χ1v) is 6.44. The molecule has 3 rings (SSSR count). The van der Waals surface area contributed by atoms with E-state index >= 15 is 0 Å². The fraction of sp³-hybridized carbons (Fsp3) is 0.583. The highest BCUT2D eigenvalue weighted by molar-refractivity contribution is 5.70. The van der Waals surface area contributed by atoms with Crippen molar-refractivity contribution in [3.8, 4) is 0 Å². The summed E-state index contributed by atoms with van der Waals surface area (Å²) in [5, 5.41) is 2.82. The Balaban J connectivity index is 2.12. The van der Waals surface area contributed by atoms with Crippen molar-refractivity contribution in [3.63, 3.8) is 0 Å². The van der Waals surface area contributed by atoms with Crippen LogP contribution in [0.15, 0.2) is 11.1 Å². The van der Waals surface area contributed by atoms with E-state index in [1.165, 1.54) is 0 Å². The number of aromatic nitrogens is 4. The molecule has 0 aromatic carbocycles. The molecule has 1 saturated heterocycles. The topological polar surface area (TPSA) is 94.1 Å². The van der Waals surface area contributed by atoms with Gasteiger partial charge in [-0.1, -0.05) is 6.92 Å². The van der Waals surface area contributed by atoms with Gasteiger partial charge in [-0.05, 0) is 0 Å². The summed E-state index contributed by atoms with van der Waals surface area (Å²) in [6, 6.07) is 0. The lowest BCUT2D eigenvalue weighted by Gasteiger charge is -2.20. The third-order valence-electron chi connectivity index (χ3n) is 3.59. The molecule has 2 aromatic heterocycles. The van der Waals surface area contributed by atoms with Gasteiger partial charge in [0.05, 0.1) is 12.9 Å². The molecule has 1 unspecified atom stereocenters. The summed E-state index contributed by atoms with van der Waals surface area (Å²) in [4.78, 5) is 23.0. The van der Waals surface area contributed by atoms with Crippen LogP contribution in [0, 0.1) is 5.92 Å². The first-order chi connectivity index (χ1) is 9.65. The Labute approximate surface area is 115 Å². The first-order valence-electron chi connectivity index (χ1n) is 6.44. The molecule has 1 fully saturated rings. The average Bonchev–Trinajstić information content (AvgIpc) is 3.01. The minimum absolute atomic E-state index is 0.0912. The highest BCUT2D eigenvalue weighted by Crippen LogP contribution is 2.31. The second kappa shape index (κ2) is 4.88. The number of anilines is 1. The Morgan fingerprint density at radius 1 is 1.60 bits per heavy atom. The lowest BCUT2D eigenvalue weighted by molar-refractivity contribution is -0.0301. The lowest BCUT2D eigenvalue weighted by Crippen LogP contribution is -2.26. The molecule has 3 heterocycles. The summed E-state index contributed by atoms with van der Waals surface area (Å²) < 4.78 is 13.0. The van der Waals surface area contributed by atoms with Crippen LogP contribution in [-0.4, -0.2) is 46.4 Å². The van der Waals surface area contributed by atoms with E-state index in [-0.39, 0.29) is 23.8 Å². The molecule has 0 spiro atoms. The Kier molecular flexibility index (Phi) is 3.19. The van der Waals surface area contributed by atoms with Gasteiger partial charge in [-0.2, -0.15) is 4.98 Å². The zero-order chi connectivity index (χ0) is 14.3. The van der Waals surface area contributed by atoms with E-state index in [0.29, 0.717) is 23.7 Å². The summed E-state index contributed by atoms with van der Waals surface area (Å²) in [6.07, 6.45) is 1.16. The second-order valence-corrected chi connectivity index (χ2v) is 4.89. The van der Waals surface area contributed by atoms with Crippen LogP contribution in [0.5, 0.6) is 0 Å². The van der Waals surface area contributed by atoms with Crippen LogP contribution in [0.2, 0.25) is 0 Å². The maximum Gasteiger partial charge on any atom is 0.280 e. The molecule has 8 heteroatoms. The van der Waals surface area contributed by atoms with Crippen molar-refractivity contribution in [3.05, 3.63) is 16.7 Å². The van der Waals surface area contributed by atoms with Gasteiger partial charge < -0.3 is 14.8 Å². The van der Waals surface area contributed by atoms with E-state index in [1.54, 1.807) is 25.1 Å². The van der Waals surface area contributed by atoms with Crippen molar-refractivity contribution < 1.29 is 9.47 Å². The van der Waals surface area contributed by atoms with Gasteiger partial charge in [0.15, 0.2) is 17.4 Å². The van der Waals surface area contributed by atoms with Gasteiger partial charge in [-0.3, -0.25) is 14.3 Å². The molecule has 1 aliphatic rings. The van der Waals surface area contributed by atoms with Crippen molar-refractivity contribution in [2.24, 2.45) is 5.92 Å². The van der Waals surface area contributed by atoms with Gasteiger partial charge in [0, 0.05) is 20.1 Å². The molecule has 0 saturated carbocycles. The summed E-state index contributed by atoms with van der Waals surface area (Å²) >= 11 is 0. The number of H-pyrrole nitrogens is 1. The number of ether oxygens (including phenoxy) is 2. The third-order valence-corrected chi connectivity index (χ3v) is 3.59. The van der Waals surface area contributed by atoms with Crippen LogP contribution in [0.1, 0.15) is 13.2 Å². The largest absolute Gasteiger partial charge is 0.376 e. The Bertz CT molecular complexity index is 679. The predicted octanol–water partition coefficient (Wildman–Crippen LogP) is 0.341. The number of imidazole rings is 1. The van der Waals surface area contributed by atoms with E-state index in [4.69, 9.17) is 9.47 Å². The van der Waals surface area contributed by atoms with Crippen molar-refractivity contribution >= 4 is 17.1 Å². The number of hydrogen-bond donors (Lipinski definition) is 2. The van der Waals surface area contributed by atoms with Crippen molar-refractivity contribution in [2.75, 3.05) is 26.1 Å². The van der Waals surface area contributed by atoms with Crippen molar-refractivity contribution in [1.82, 2.24) is 19.5 Å². The maximum absolute atomic E-state index is 11.9. The van der Waals surface area contributed by atoms with E-state index in [9.17, 15) is 4.79 Å². The number of aromatic amines is 1. The highest BCUT2D eigenvalue weighted by atomic mass is 16.6. The first kappa shape index (κ1) is 13.1. The summed E-state index contributed by atoms with van der Waals surface area (Å²) in [7, 11) is 3.35. The zero-order valence-electron chi connectivity index (χ0n) is 11.6. The molecule has 8 nitrogen and oxygen atoms in total. The standard InChI is InChI=1S/C12H17N5O3/c1-6-4-20-11(8(6)19-3)17-5-14-7-9(17)15-12(13-2)16-10(7)18/h5-6,8,11H,4H2,1-3H3,(H2,13,15,16,18)/t6-,8?,11+/m0/s1. The van der Waals surface area contributed by atoms with Crippen LogP contribution >= 0.6 is 0 Å². The Hall–Kier alpha value is -1.93. The van der Waals surface area contributed by atoms with Gasteiger partial charge in [-0.15, -0.1) is 0 Å². The van der Waals surface area contributed by atoms with Gasteiger partial charge in [0.25, 0.3) is 5.56 Å². The quantitative estimate of drug-likeness (QED) is 0.841. The third kappa shape index (κ3) is 1.88. The molecular formula is C12H17N5O3. The molecule has 2 N–H and O–H groups in total. The van der Waals surface area contributed by atoms with Crippen LogP contribution < -0.4 is 10.9 Å². The van der Waals surface area contributed by atoms with Crippen LogP contribution in [0.4, 0.5) is 5.95 Å². The van der Waals surface area contributed by atoms with Crippen LogP contribution in [-0.2, 0) is 9.47 Å². The number of fused-ring (bicyclic) bond motifs is 1. The Morgan fingerprint density at radius 3 is 3.10 bits per heavy atom. The van der Waals surface area contributed by atoms with E-state index < -0.39 is 0 Å². The minimum Gasteiger partial charge on any atom is -0.376 e. The van der Waals surface area contributed by atoms with E-state index in [0.717, 1.165) is 0 Å². The van der Waals surface area contributed by atoms with Gasteiger partial charge in [-0.25, -0.2) is 4.98 Å². The van der Waals surface area contributed by atoms with Gasteiger partial charge in [0.2, 0.25) is 5.95 Å². The van der Waals surface area contributed by atoms with E-state index in [1.807, 2.05) is 0 Å². The zero-order valence-corrected chi connectivity index (χ0v) is 11.6. The molecule has 2 aromatic rings. The SMILES string of the molecule is CNc1nc2c(ncn2[C@@H]2OC[C@H](C)C2OC)c(=O)[nH]1. The lowest BCUT2D eigenvalue weighted by atomic mass is 10.1. The van der Waals surface area contributed by atoms with Crippen LogP contribution in [0.3, 0.4) is 0 Å². The normalized spacial score (nSPS) is 26.2. The van der Waals surface area contributed by atoms with Crippen molar-refractivity contribution in [1.29, 1.82) is 0 Å². The number of nitrogens with one attached hydrogen (secondary N) is 2. The fourth-order valence-electron chi connectivity index (χ4n) is 2.54. The number of hydrogen-bond acceptors (Lipinski definition) is 6. The minimum atomic E-state index is -0.320. The van der Waals surface area contributed by atoms with Crippen LogP contribution in [0.25, 0.3) is 11.2 Å². The molecule has 108 valence electrons. The smallest absolute Gasteiger partial charge is 0.280 e. The van der Waals surface area contributed by atoms with E-state index in [2.05, 4.69) is 27.2 Å². The molecule has 0 radical (unpaired) electrons. The molecule has 3 atom stereocenters. The Morgan fingerprint density at radius 2 is 2.40 bits per heavy atom. The average molecular weight is 279 g/mol. The highest BCUT2D eigenvalue weighted by Gasteiger charge is 2.37. The summed E-state index contributed by atoms with van der Waals surface area (Å²) in [5.74, 6) is 0.664. The summed E-state index contributed by atoms with van der Waals surface area (Å²) in [5.41, 5.74) is 0.499. The predicted molar refractivity (Wildman–Crippen MR) is 72.6 cm³/mol. The molecule has 0 aliphatic carbocycles. The van der Waals surface area contributed by atoms with Gasteiger partial charge >= 0.3 is 0 Å². The second-order valence-electron chi connectivity index (χ2n) is 4.89. The number of methoxy groups -OCH3 is 1. The number of rotatable bonds is 3. The molecule has 0 amide bonds. The van der Waals surface area contributed by atoms with Crippen molar-refractivity contribution in [2.45, 2.75) is 19.3 Å². The molecular weight excluding hydrogens is 262 g/mol. The molecule has 0 bridgehead atoms. The number of nitrogens with zero attached hydrogens (tertiary/aromatic N) is 3. The van der Waals surface area contributed by atoms with Gasteiger partial charge in [0.1, 0.15) is 6.10 Å². The maximum atomic E-state index is 11.9. The monoisotopic (exact) mass is 279 g/mol. The fourth-order valence-corrected chi connectivity index (χ4v) is 2.54. The molecule has 20 heavy (non-hydrogen) atoms. The summed E-state index contributed by atoms with van der Waals surface area (Å²) in [6.45, 7) is 2.66. The molecule has 1 aliphatic heterocycles.